The van der Waals surface area contributed by atoms with Gasteiger partial charge in [-0.1, -0.05) is 6.07 Å². The number of piperidine rings is 2. The van der Waals surface area contributed by atoms with E-state index in [9.17, 15) is 9.70 Å². The predicted octanol–water partition coefficient (Wildman–Crippen LogP) is 5.59. The highest BCUT2D eigenvalue weighted by Crippen LogP contribution is 2.30. The number of carbonyl (C=O) groups excluding carboxylic acids is 1. The van der Waals surface area contributed by atoms with Crippen LogP contribution < -0.4 is 15.4 Å². The fourth-order valence-corrected chi connectivity index (χ4v) is 6.25. The average molecular weight is 558 g/mol. The molecule has 2 saturated heterocycles. The third-order valence-electron chi connectivity index (χ3n) is 6.73. The van der Waals surface area contributed by atoms with E-state index in [-0.39, 0.29) is 18.1 Å². The summed E-state index contributed by atoms with van der Waals surface area (Å²) in [5.41, 5.74) is 1.64. The highest BCUT2D eigenvalue weighted by molar-refractivity contribution is 9.10. The fraction of sp³-hybridized carbons (Fsp3) is 0.423. The Kier molecular flexibility index (Phi) is 7.77. The maximum Gasteiger partial charge on any atom is 0.261 e. The fourth-order valence-electron chi connectivity index (χ4n) is 4.78. The van der Waals surface area contributed by atoms with E-state index in [1.54, 1.807) is 12.1 Å². The maximum atomic E-state index is 12.8. The third kappa shape index (κ3) is 6.09. The lowest BCUT2D eigenvalue weighted by molar-refractivity contribution is 0.0913. The van der Waals surface area contributed by atoms with Gasteiger partial charge in [-0.25, -0.2) is 0 Å². The molecule has 184 valence electrons. The van der Waals surface area contributed by atoms with Crippen molar-refractivity contribution in [2.75, 3.05) is 26.2 Å². The lowest BCUT2D eigenvalue weighted by Crippen LogP contribution is -2.44. The van der Waals surface area contributed by atoms with Crippen LogP contribution in [0.3, 0.4) is 0 Å². The van der Waals surface area contributed by atoms with Crippen LogP contribution >= 0.6 is 27.3 Å². The van der Waals surface area contributed by atoms with Gasteiger partial charge in [-0.15, -0.1) is 16.2 Å². The van der Waals surface area contributed by atoms with Crippen molar-refractivity contribution in [3.63, 3.8) is 0 Å². The molecule has 9 heteroatoms. The Hall–Kier alpha value is -2.33. The summed E-state index contributed by atoms with van der Waals surface area (Å²) in [4.78, 5) is 26.7. The highest BCUT2D eigenvalue weighted by atomic mass is 79.9. The number of benzene rings is 2. The number of fused-ring (bicyclic) bond motifs is 1. The summed E-state index contributed by atoms with van der Waals surface area (Å²) in [5.74, 6) is 0.875. The van der Waals surface area contributed by atoms with Crippen molar-refractivity contribution >= 4 is 48.9 Å². The van der Waals surface area contributed by atoms with Crippen molar-refractivity contribution in [1.82, 2.24) is 15.5 Å². The summed E-state index contributed by atoms with van der Waals surface area (Å²) >= 11 is 5.14. The van der Waals surface area contributed by atoms with Crippen LogP contribution in [-0.4, -0.2) is 49.1 Å². The zero-order chi connectivity index (χ0) is 24.2. The van der Waals surface area contributed by atoms with E-state index in [1.807, 2.05) is 12.1 Å². The molecule has 0 saturated carbocycles. The second-order valence-corrected chi connectivity index (χ2v) is 11.2. The Morgan fingerprint density at radius 2 is 1.91 bits per heavy atom. The second-order valence-electron chi connectivity index (χ2n) is 9.28. The SMILES string of the molecule is O=Nc1ccc2sc(C(=O)NC3CCN(Cc4ccc(OC5CCNCC5)c(Br)c4)CC3)cc2c1. The van der Waals surface area contributed by atoms with Crippen LogP contribution in [0.4, 0.5) is 5.69 Å². The number of likely N-dealkylation sites (tertiary alicyclic amines) is 1. The summed E-state index contributed by atoms with van der Waals surface area (Å²) < 4.78 is 8.18. The van der Waals surface area contributed by atoms with Gasteiger partial charge in [0, 0.05) is 30.4 Å². The Balaban J connectivity index is 1.11. The molecular formula is C26H29BrN4O3S. The number of hydrogen-bond acceptors (Lipinski definition) is 7. The molecule has 0 radical (unpaired) electrons. The molecule has 3 aromatic rings. The van der Waals surface area contributed by atoms with Crippen molar-refractivity contribution in [2.45, 2.75) is 44.4 Å². The number of ether oxygens (including phenoxy) is 1. The quantitative estimate of drug-likeness (QED) is 0.371. The molecule has 0 bridgehead atoms. The standard InChI is InChI=1S/C26H29BrN4O3S/c27-22-13-17(1-3-23(22)34-21-5-9-28-10-6-21)16-31-11-7-19(8-12-31)29-26(32)25-15-18-14-20(30-33)2-4-24(18)35-25/h1-4,13-15,19,21,28H,5-12,16H2,(H,29,32). The van der Waals surface area contributed by atoms with Crippen LogP contribution in [0.25, 0.3) is 10.1 Å². The number of amides is 1. The van der Waals surface area contributed by atoms with Crippen molar-refractivity contribution in [3.8, 4) is 5.75 Å². The van der Waals surface area contributed by atoms with Crippen LogP contribution in [-0.2, 0) is 6.54 Å². The van der Waals surface area contributed by atoms with Gasteiger partial charge in [-0.3, -0.25) is 9.69 Å². The van der Waals surface area contributed by atoms with Crippen molar-refractivity contribution in [1.29, 1.82) is 0 Å². The molecule has 35 heavy (non-hydrogen) atoms. The van der Waals surface area contributed by atoms with E-state index in [1.165, 1.54) is 16.9 Å². The Morgan fingerprint density at radius 3 is 2.66 bits per heavy atom. The highest BCUT2D eigenvalue weighted by Gasteiger charge is 2.23. The first-order chi connectivity index (χ1) is 17.1. The van der Waals surface area contributed by atoms with Crippen molar-refractivity contribution in [2.24, 2.45) is 5.18 Å². The molecule has 1 amide bonds. The average Bonchev–Trinajstić information content (AvgIpc) is 3.31. The lowest BCUT2D eigenvalue weighted by atomic mass is 10.0. The van der Waals surface area contributed by atoms with Gasteiger partial charge in [0.25, 0.3) is 5.91 Å². The number of nitrogens with zero attached hydrogens (tertiary/aromatic N) is 2. The topological polar surface area (TPSA) is 83.0 Å². The molecular weight excluding hydrogens is 528 g/mol. The number of nitroso groups, excluding NO2 is 1. The minimum absolute atomic E-state index is 0.0430. The van der Waals surface area contributed by atoms with Gasteiger partial charge in [-0.2, -0.15) is 0 Å². The number of halogens is 1. The first-order valence-electron chi connectivity index (χ1n) is 12.1. The Bertz CT molecular complexity index is 1200. The zero-order valence-electron chi connectivity index (χ0n) is 19.5. The van der Waals surface area contributed by atoms with Gasteiger partial charge in [0.1, 0.15) is 17.5 Å². The predicted molar refractivity (Wildman–Crippen MR) is 144 cm³/mol. The summed E-state index contributed by atoms with van der Waals surface area (Å²) in [7, 11) is 0. The Labute approximate surface area is 217 Å². The molecule has 5 rings (SSSR count). The molecule has 0 unspecified atom stereocenters. The van der Waals surface area contributed by atoms with E-state index in [4.69, 9.17) is 4.74 Å². The van der Waals surface area contributed by atoms with Crippen LogP contribution in [0.5, 0.6) is 5.75 Å². The molecule has 2 fully saturated rings. The molecule has 2 aliphatic rings. The summed E-state index contributed by atoms with van der Waals surface area (Å²) in [6.07, 6.45) is 4.22. The van der Waals surface area contributed by atoms with Gasteiger partial charge >= 0.3 is 0 Å². The molecule has 0 aliphatic carbocycles. The summed E-state index contributed by atoms with van der Waals surface area (Å²) in [6, 6.07) is 13.7. The number of thiophene rings is 1. The normalized spacial score (nSPS) is 18.0. The van der Waals surface area contributed by atoms with E-state index in [0.29, 0.717) is 10.6 Å². The molecule has 2 N–H and O–H groups in total. The minimum atomic E-state index is -0.0430. The molecule has 7 nitrogen and oxygen atoms in total. The number of rotatable bonds is 7. The second kappa shape index (κ2) is 11.2. The van der Waals surface area contributed by atoms with Gasteiger partial charge < -0.3 is 15.4 Å². The molecule has 2 aliphatic heterocycles. The van der Waals surface area contributed by atoms with Gasteiger partial charge in [-0.05, 0) is 107 Å². The lowest BCUT2D eigenvalue weighted by Gasteiger charge is -2.32. The molecule has 0 atom stereocenters. The number of nitrogens with one attached hydrogen (secondary N) is 2. The van der Waals surface area contributed by atoms with Crippen LogP contribution in [0.15, 0.2) is 52.1 Å². The van der Waals surface area contributed by atoms with Gasteiger partial charge in [0.05, 0.1) is 9.35 Å². The van der Waals surface area contributed by atoms with Crippen LogP contribution in [0.2, 0.25) is 0 Å². The minimum Gasteiger partial charge on any atom is -0.489 e. The molecule has 1 aromatic heterocycles. The van der Waals surface area contributed by atoms with Gasteiger partial charge in [0.2, 0.25) is 0 Å². The molecule has 3 heterocycles. The largest absolute Gasteiger partial charge is 0.489 e. The number of hydrogen-bond donors (Lipinski definition) is 2. The first-order valence-corrected chi connectivity index (χ1v) is 13.7. The smallest absolute Gasteiger partial charge is 0.261 e. The third-order valence-corrected chi connectivity index (χ3v) is 8.47. The Morgan fingerprint density at radius 1 is 1.11 bits per heavy atom. The summed E-state index contributed by atoms with van der Waals surface area (Å²) in [6.45, 7) is 4.80. The monoisotopic (exact) mass is 556 g/mol. The van der Waals surface area contributed by atoms with Crippen molar-refractivity contribution in [3.05, 3.63) is 62.3 Å². The molecule has 0 spiro atoms. The number of carbonyl (C=O) groups is 1. The van der Waals surface area contributed by atoms with Crippen LogP contribution in [0.1, 0.15) is 40.9 Å². The van der Waals surface area contributed by atoms with Gasteiger partial charge in [0.15, 0.2) is 0 Å². The zero-order valence-corrected chi connectivity index (χ0v) is 21.9. The first kappa shape index (κ1) is 24.4. The van der Waals surface area contributed by atoms with Crippen LogP contribution in [0, 0.1) is 4.91 Å². The van der Waals surface area contributed by atoms with E-state index >= 15 is 0 Å². The molecule has 2 aromatic carbocycles. The van der Waals surface area contributed by atoms with E-state index < -0.39 is 0 Å². The maximum absolute atomic E-state index is 12.8. The van der Waals surface area contributed by atoms with Crippen molar-refractivity contribution < 1.29 is 9.53 Å². The van der Waals surface area contributed by atoms with E-state index in [0.717, 1.165) is 78.7 Å². The van der Waals surface area contributed by atoms with E-state index in [2.05, 4.69) is 54.8 Å². The summed E-state index contributed by atoms with van der Waals surface area (Å²) in [5, 5.41) is 10.4.